The lowest BCUT2D eigenvalue weighted by molar-refractivity contribution is -0.133. The predicted molar refractivity (Wildman–Crippen MR) is 74.2 cm³/mol. The van der Waals surface area contributed by atoms with Crippen LogP contribution in [-0.4, -0.2) is 46.6 Å². The number of amides is 1. The summed E-state index contributed by atoms with van der Waals surface area (Å²) >= 11 is 1.70. The van der Waals surface area contributed by atoms with Gasteiger partial charge in [0.1, 0.15) is 6.04 Å². The fraction of sp³-hybridized carbons (Fsp3) is 0.846. The first-order valence-electron chi connectivity index (χ1n) is 6.97. The van der Waals surface area contributed by atoms with E-state index in [4.69, 9.17) is 11.0 Å². The molecule has 104 valence electrons. The third-order valence-corrected chi connectivity index (χ3v) is 5.84. The van der Waals surface area contributed by atoms with Gasteiger partial charge in [0.2, 0.25) is 5.91 Å². The number of hydrogen-bond acceptors (Lipinski definition) is 5. The van der Waals surface area contributed by atoms with Crippen LogP contribution in [0.25, 0.3) is 0 Å². The molecule has 0 radical (unpaired) electrons. The highest BCUT2D eigenvalue weighted by Crippen LogP contribution is 2.43. The third-order valence-electron chi connectivity index (χ3n) is 4.55. The minimum atomic E-state index is -0.727. The Hall–Kier alpha value is -0.770. The summed E-state index contributed by atoms with van der Waals surface area (Å²) in [6.07, 6.45) is 3.69. The van der Waals surface area contributed by atoms with Crippen LogP contribution in [0, 0.1) is 17.2 Å². The van der Waals surface area contributed by atoms with Crippen molar-refractivity contribution < 1.29 is 4.79 Å². The van der Waals surface area contributed by atoms with Crippen molar-refractivity contribution in [2.24, 2.45) is 11.7 Å². The molecule has 6 heteroatoms. The van der Waals surface area contributed by atoms with Crippen LogP contribution in [0.3, 0.4) is 0 Å². The molecule has 3 aliphatic rings. The summed E-state index contributed by atoms with van der Waals surface area (Å²) in [6, 6.07) is 1.95. The van der Waals surface area contributed by atoms with Crippen LogP contribution in [0.2, 0.25) is 0 Å². The maximum absolute atomic E-state index is 12.6. The van der Waals surface area contributed by atoms with Crippen molar-refractivity contribution >= 4 is 17.7 Å². The van der Waals surface area contributed by atoms with E-state index < -0.39 is 5.54 Å². The van der Waals surface area contributed by atoms with Crippen LogP contribution in [0.1, 0.15) is 25.7 Å². The quantitative estimate of drug-likeness (QED) is 0.759. The van der Waals surface area contributed by atoms with Gasteiger partial charge in [-0.05, 0) is 38.3 Å². The molecule has 19 heavy (non-hydrogen) atoms. The molecule has 3 N–H and O–H groups in total. The molecule has 0 aromatic carbocycles. The molecule has 3 aliphatic heterocycles. The Morgan fingerprint density at radius 2 is 2.26 bits per heavy atom. The molecule has 3 rings (SSSR count). The van der Waals surface area contributed by atoms with Crippen molar-refractivity contribution in [1.82, 2.24) is 10.2 Å². The van der Waals surface area contributed by atoms with Gasteiger partial charge >= 0.3 is 0 Å². The third kappa shape index (κ3) is 2.24. The van der Waals surface area contributed by atoms with Gasteiger partial charge in [-0.1, -0.05) is 0 Å². The van der Waals surface area contributed by atoms with Gasteiger partial charge in [0.25, 0.3) is 0 Å². The number of piperidine rings is 1. The minimum Gasteiger partial charge on any atom is -0.317 e. The van der Waals surface area contributed by atoms with Gasteiger partial charge in [0.05, 0.1) is 17.0 Å². The zero-order valence-electron chi connectivity index (χ0n) is 11.0. The number of rotatable bonds is 2. The summed E-state index contributed by atoms with van der Waals surface area (Å²) < 4.78 is 0. The van der Waals surface area contributed by atoms with E-state index in [9.17, 15) is 4.79 Å². The van der Waals surface area contributed by atoms with E-state index in [1.165, 1.54) is 0 Å². The highest BCUT2D eigenvalue weighted by Gasteiger charge is 2.55. The van der Waals surface area contributed by atoms with E-state index in [0.717, 1.165) is 38.1 Å². The van der Waals surface area contributed by atoms with Crippen molar-refractivity contribution in [2.75, 3.05) is 18.8 Å². The maximum Gasteiger partial charge on any atom is 0.244 e. The summed E-state index contributed by atoms with van der Waals surface area (Å²) in [7, 11) is 0. The van der Waals surface area contributed by atoms with Gasteiger partial charge in [-0.25, -0.2) is 0 Å². The molecular formula is C13H20N4OS. The van der Waals surface area contributed by atoms with Gasteiger partial charge in [-0.2, -0.15) is 5.26 Å². The number of carbonyl (C=O) groups is 1. The van der Waals surface area contributed by atoms with Crippen LogP contribution in [-0.2, 0) is 4.79 Å². The van der Waals surface area contributed by atoms with Crippen LogP contribution < -0.4 is 11.1 Å². The molecule has 0 aromatic rings. The first kappa shape index (κ1) is 13.2. The number of hydrogen-bond donors (Lipinski definition) is 2. The molecule has 3 fully saturated rings. The monoisotopic (exact) mass is 280 g/mol. The van der Waals surface area contributed by atoms with Crippen molar-refractivity contribution in [3.63, 3.8) is 0 Å². The second-order valence-electron chi connectivity index (χ2n) is 5.90. The largest absolute Gasteiger partial charge is 0.317 e. The topological polar surface area (TPSA) is 82.1 Å². The number of nitrogens with two attached hydrogens (primary N) is 1. The fourth-order valence-electron chi connectivity index (χ4n) is 3.52. The Morgan fingerprint density at radius 3 is 2.95 bits per heavy atom. The van der Waals surface area contributed by atoms with Crippen molar-refractivity contribution in [3.8, 4) is 6.07 Å². The number of fused-ring (bicyclic) bond motifs is 1. The van der Waals surface area contributed by atoms with Crippen LogP contribution >= 0.6 is 11.8 Å². The summed E-state index contributed by atoms with van der Waals surface area (Å²) in [6.45, 7) is 2.05. The smallest absolute Gasteiger partial charge is 0.244 e. The van der Waals surface area contributed by atoms with E-state index in [0.29, 0.717) is 12.3 Å². The first-order chi connectivity index (χ1) is 9.14. The Balaban J connectivity index is 1.71. The van der Waals surface area contributed by atoms with Gasteiger partial charge in [-0.15, -0.1) is 11.8 Å². The van der Waals surface area contributed by atoms with Crippen LogP contribution in [0.4, 0.5) is 0 Å². The molecule has 3 unspecified atom stereocenters. The van der Waals surface area contributed by atoms with E-state index in [1.807, 2.05) is 0 Å². The number of nitrogens with zero attached hydrogens (tertiary/aromatic N) is 2. The molecule has 1 amide bonds. The molecular weight excluding hydrogens is 260 g/mol. The molecule has 5 nitrogen and oxygen atoms in total. The normalized spacial score (nSPS) is 39.4. The zero-order chi connectivity index (χ0) is 13.5. The van der Waals surface area contributed by atoms with Gasteiger partial charge in [-0.3, -0.25) is 4.79 Å². The van der Waals surface area contributed by atoms with Crippen molar-refractivity contribution in [3.05, 3.63) is 0 Å². The Labute approximate surface area is 117 Å². The van der Waals surface area contributed by atoms with E-state index in [1.54, 1.807) is 16.7 Å². The lowest BCUT2D eigenvalue weighted by Crippen LogP contribution is -2.51. The molecule has 0 spiro atoms. The SMILES string of the molecule is N#CC1CSC2CC(N)(CC3CCNCC3)C(=O)N12. The molecule has 0 aliphatic carbocycles. The molecule has 0 saturated carbocycles. The fourth-order valence-corrected chi connectivity index (χ4v) is 4.98. The van der Waals surface area contributed by atoms with Gasteiger partial charge < -0.3 is 16.0 Å². The zero-order valence-corrected chi connectivity index (χ0v) is 11.8. The average molecular weight is 280 g/mol. The van der Waals surface area contributed by atoms with Crippen LogP contribution in [0.15, 0.2) is 0 Å². The van der Waals surface area contributed by atoms with Gasteiger partial charge in [0, 0.05) is 12.2 Å². The standard InChI is InChI=1S/C13H20N4OS/c14-7-10-8-19-11-6-13(15,12(18)17(10)11)5-9-1-3-16-4-2-9/h9-11,16H,1-6,8,15H2. The summed E-state index contributed by atoms with van der Waals surface area (Å²) in [5.74, 6) is 1.28. The molecule has 3 saturated heterocycles. The minimum absolute atomic E-state index is 0.00702. The predicted octanol–water partition coefficient (Wildman–Crippen LogP) is 0.271. The van der Waals surface area contributed by atoms with Crippen molar-refractivity contribution in [2.45, 2.75) is 42.6 Å². The second-order valence-corrected chi connectivity index (χ2v) is 7.11. The number of nitriles is 1. The second kappa shape index (κ2) is 4.97. The molecule has 3 heterocycles. The lowest BCUT2D eigenvalue weighted by atomic mass is 9.82. The van der Waals surface area contributed by atoms with Gasteiger partial charge in [0.15, 0.2) is 0 Å². The highest BCUT2D eigenvalue weighted by molar-refractivity contribution is 8.00. The summed E-state index contributed by atoms with van der Waals surface area (Å²) in [5.41, 5.74) is 5.68. The Bertz CT molecular complexity index is 417. The Morgan fingerprint density at radius 1 is 1.53 bits per heavy atom. The number of thioether (sulfide) groups is 1. The molecule has 0 bridgehead atoms. The Kier molecular flexibility index (Phi) is 3.46. The van der Waals surface area contributed by atoms with E-state index >= 15 is 0 Å². The van der Waals surface area contributed by atoms with Crippen LogP contribution in [0.5, 0.6) is 0 Å². The highest BCUT2D eigenvalue weighted by atomic mass is 32.2. The van der Waals surface area contributed by atoms with E-state index in [2.05, 4.69) is 11.4 Å². The molecule has 3 atom stereocenters. The molecule has 0 aromatic heterocycles. The first-order valence-corrected chi connectivity index (χ1v) is 8.02. The summed E-state index contributed by atoms with van der Waals surface area (Å²) in [4.78, 5) is 14.3. The lowest BCUT2D eigenvalue weighted by Gasteiger charge is -2.31. The number of nitrogens with one attached hydrogen (secondary N) is 1. The number of carbonyl (C=O) groups excluding carboxylic acids is 1. The summed E-state index contributed by atoms with van der Waals surface area (Å²) in [5, 5.41) is 12.6. The van der Waals surface area contributed by atoms with E-state index in [-0.39, 0.29) is 17.3 Å². The average Bonchev–Trinajstić information content (AvgIpc) is 2.90. The van der Waals surface area contributed by atoms with Crippen molar-refractivity contribution in [1.29, 1.82) is 5.26 Å². The maximum atomic E-state index is 12.6.